The number of nitrogens with zero attached hydrogens (tertiary/aromatic N) is 1. The molecule has 0 bridgehead atoms. The first kappa shape index (κ1) is 16.8. The highest BCUT2D eigenvalue weighted by Crippen LogP contribution is 2.35. The van der Waals surface area contributed by atoms with Gasteiger partial charge in [0.05, 0.1) is 18.2 Å². The number of carbonyl (C=O) groups is 1. The van der Waals surface area contributed by atoms with Gasteiger partial charge in [0.2, 0.25) is 5.91 Å². The van der Waals surface area contributed by atoms with E-state index in [0.29, 0.717) is 6.54 Å². The van der Waals surface area contributed by atoms with E-state index in [9.17, 15) is 4.79 Å². The van der Waals surface area contributed by atoms with Crippen molar-refractivity contribution in [1.29, 1.82) is 0 Å². The molecule has 1 aliphatic rings. The molecule has 3 unspecified atom stereocenters. The molecule has 20 heavy (non-hydrogen) atoms. The Kier molecular flexibility index (Phi) is 5.42. The Bertz CT molecular complexity index is 491. The van der Waals surface area contributed by atoms with Crippen molar-refractivity contribution in [2.45, 2.75) is 39.8 Å². The standard InChI is InChI=1S/C15H22N2O2.ClH/c1-9-5-6-13-14(7-9)19-10(2)8-17(13)15(18)11(3)12(4)16;/h5-7,10-12H,8,16H2,1-4H3;1H. The number of amides is 1. The molecular weight excluding hydrogens is 276 g/mol. The molecule has 0 aliphatic carbocycles. The van der Waals surface area contributed by atoms with Gasteiger partial charge in [-0.15, -0.1) is 12.4 Å². The summed E-state index contributed by atoms with van der Waals surface area (Å²) in [6.45, 7) is 8.30. The Balaban J connectivity index is 0.00000200. The van der Waals surface area contributed by atoms with E-state index >= 15 is 0 Å². The van der Waals surface area contributed by atoms with E-state index in [1.54, 1.807) is 4.90 Å². The van der Waals surface area contributed by atoms with E-state index in [1.807, 2.05) is 45.9 Å². The summed E-state index contributed by atoms with van der Waals surface area (Å²) in [5, 5.41) is 0. The Morgan fingerprint density at radius 3 is 2.70 bits per heavy atom. The van der Waals surface area contributed by atoms with Crippen LogP contribution in [-0.2, 0) is 4.79 Å². The second-order valence-corrected chi connectivity index (χ2v) is 5.50. The third-order valence-corrected chi connectivity index (χ3v) is 3.62. The average molecular weight is 299 g/mol. The lowest BCUT2D eigenvalue weighted by atomic mass is 10.0. The maximum Gasteiger partial charge on any atom is 0.231 e. The maximum atomic E-state index is 12.5. The molecule has 5 heteroatoms. The number of benzene rings is 1. The van der Waals surface area contributed by atoms with Gasteiger partial charge in [-0.25, -0.2) is 0 Å². The molecular formula is C15H23ClN2O2. The van der Waals surface area contributed by atoms with Crippen LogP contribution in [0.15, 0.2) is 18.2 Å². The number of hydrogen-bond acceptors (Lipinski definition) is 3. The van der Waals surface area contributed by atoms with E-state index in [2.05, 4.69) is 0 Å². The molecule has 112 valence electrons. The van der Waals surface area contributed by atoms with E-state index in [-0.39, 0.29) is 36.4 Å². The van der Waals surface area contributed by atoms with Crippen molar-refractivity contribution in [3.05, 3.63) is 23.8 Å². The summed E-state index contributed by atoms with van der Waals surface area (Å²) >= 11 is 0. The van der Waals surface area contributed by atoms with Gasteiger partial charge in [-0.05, 0) is 38.5 Å². The minimum atomic E-state index is -0.195. The van der Waals surface area contributed by atoms with Gasteiger partial charge >= 0.3 is 0 Å². The molecule has 0 aromatic heterocycles. The monoisotopic (exact) mass is 298 g/mol. The summed E-state index contributed by atoms with van der Waals surface area (Å²) in [5.74, 6) is 0.652. The van der Waals surface area contributed by atoms with Crippen molar-refractivity contribution < 1.29 is 9.53 Å². The van der Waals surface area contributed by atoms with E-state index in [0.717, 1.165) is 17.0 Å². The molecule has 1 aromatic carbocycles. The van der Waals surface area contributed by atoms with Crippen LogP contribution < -0.4 is 15.4 Å². The van der Waals surface area contributed by atoms with Crippen LogP contribution in [-0.4, -0.2) is 24.6 Å². The fourth-order valence-electron chi connectivity index (χ4n) is 2.23. The third kappa shape index (κ3) is 3.25. The topological polar surface area (TPSA) is 55.6 Å². The molecule has 0 spiro atoms. The van der Waals surface area contributed by atoms with E-state index < -0.39 is 0 Å². The molecule has 2 rings (SSSR count). The zero-order valence-corrected chi connectivity index (χ0v) is 13.2. The molecule has 0 saturated carbocycles. The number of nitrogens with two attached hydrogens (primary N) is 1. The number of ether oxygens (including phenoxy) is 1. The van der Waals surface area contributed by atoms with Gasteiger partial charge in [0, 0.05) is 6.04 Å². The smallest absolute Gasteiger partial charge is 0.231 e. The summed E-state index contributed by atoms with van der Waals surface area (Å²) in [7, 11) is 0. The van der Waals surface area contributed by atoms with Gasteiger partial charge in [-0.1, -0.05) is 13.0 Å². The Labute approximate surface area is 126 Å². The van der Waals surface area contributed by atoms with Gasteiger partial charge in [-0.3, -0.25) is 4.79 Å². The summed E-state index contributed by atoms with van der Waals surface area (Å²) in [4.78, 5) is 14.3. The van der Waals surface area contributed by atoms with Crippen LogP contribution in [0.1, 0.15) is 26.3 Å². The van der Waals surface area contributed by atoms with E-state index in [4.69, 9.17) is 10.5 Å². The molecule has 0 radical (unpaired) electrons. The van der Waals surface area contributed by atoms with Crippen LogP contribution in [0.25, 0.3) is 0 Å². The first-order chi connectivity index (χ1) is 8.90. The fourth-order valence-corrected chi connectivity index (χ4v) is 2.23. The summed E-state index contributed by atoms with van der Waals surface area (Å²) in [6.07, 6.45) is -0.00136. The third-order valence-electron chi connectivity index (χ3n) is 3.62. The Morgan fingerprint density at radius 1 is 1.45 bits per heavy atom. The molecule has 0 fully saturated rings. The van der Waals surface area contributed by atoms with Gasteiger partial charge in [0.1, 0.15) is 11.9 Å². The van der Waals surface area contributed by atoms with Gasteiger partial charge in [0.15, 0.2) is 0 Å². The lowest BCUT2D eigenvalue weighted by Crippen LogP contribution is -2.47. The highest BCUT2D eigenvalue weighted by Gasteiger charge is 2.31. The SMILES string of the molecule is Cc1ccc2c(c1)OC(C)CN2C(=O)C(C)C(C)N.Cl. The van der Waals surface area contributed by atoms with Crippen LogP contribution in [0.2, 0.25) is 0 Å². The maximum absolute atomic E-state index is 12.5. The predicted molar refractivity (Wildman–Crippen MR) is 83.7 cm³/mol. The van der Waals surface area contributed by atoms with Gasteiger partial charge < -0.3 is 15.4 Å². The molecule has 1 aliphatic heterocycles. The lowest BCUT2D eigenvalue weighted by Gasteiger charge is -2.35. The van der Waals surface area contributed by atoms with Crippen molar-refractivity contribution in [2.75, 3.05) is 11.4 Å². The van der Waals surface area contributed by atoms with Crippen molar-refractivity contribution in [1.82, 2.24) is 0 Å². The number of rotatable bonds is 2. The van der Waals surface area contributed by atoms with Crippen molar-refractivity contribution in [2.24, 2.45) is 11.7 Å². The lowest BCUT2D eigenvalue weighted by molar-refractivity contribution is -0.122. The van der Waals surface area contributed by atoms with Crippen LogP contribution in [0, 0.1) is 12.8 Å². The largest absolute Gasteiger partial charge is 0.487 e. The van der Waals surface area contributed by atoms with Gasteiger partial charge in [-0.2, -0.15) is 0 Å². The highest BCUT2D eigenvalue weighted by atomic mass is 35.5. The number of carbonyl (C=O) groups excluding carboxylic acids is 1. The van der Waals surface area contributed by atoms with Crippen LogP contribution in [0.5, 0.6) is 5.75 Å². The summed E-state index contributed by atoms with van der Waals surface area (Å²) in [6, 6.07) is 5.76. The molecule has 4 nitrogen and oxygen atoms in total. The number of halogens is 1. The molecule has 1 amide bonds. The predicted octanol–water partition coefficient (Wildman–Crippen LogP) is 2.51. The zero-order valence-electron chi connectivity index (χ0n) is 12.4. The summed E-state index contributed by atoms with van der Waals surface area (Å²) < 4.78 is 5.81. The Morgan fingerprint density at radius 2 is 2.10 bits per heavy atom. The van der Waals surface area contributed by atoms with E-state index in [1.165, 1.54) is 0 Å². The highest BCUT2D eigenvalue weighted by molar-refractivity contribution is 5.97. The molecule has 1 aromatic rings. The van der Waals surface area contributed by atoms with Crippen LogP contribution in [0.4, 0.5) is 5.69 Å². The van der Waals surface area contributed by atoms with Gasteiger partial charge in [0.25, 0.3) is 0 Å². The fraction of sp³-hybridized carbons (Fsp3) is 0.533. The van der Waals surface area contributed by atoms with Crippen LogP contribution >= 0.6 is 12.4 Å². The number of hydrogen-bond donors (Lipinski definition) is 1. The molecule has 0 saturated heterocycles. The minimum absolute atomic E-state index is 0. The Hall–Kier alpha value is -1.26. The first-order valence-electron chi connectivity index (χ1n) is 6.74. The van der Waals surface area contributed by atoms with Crippen molar-refractivity contribution >= 4 is 24.0 Å². The minimum Gasteiger partial charge on any atom is -0.487 e. The average Bonchev–Trinajstić information content (AvgIpc) is 2.35. The van der Waals surface area contributed by atoms with Crippen molar-refractivity contribution in [3.8, 4) is 5.75 Å². The number of fused-ring (bicyclic) bond motifs is 1. The zero-order chi connectivity index (χ0) is 14.2. The second-order valence-electron chi connectivity index (χ2n) is 5.50. The summed E-state index contributed by atoms with van der Waals surface area (Å²) in [5.41, 5.74) is 7.82. The normalized spacial score (nSPS) is 20.2. The van der Waals surface area contributed by atoms with Crippen molar-refractivity contribution in [3.63, 3.8) is 0 Å². The number of aryl methyl sites for hydroxylation is 1. The number of anilines is 1. The molecule has 3 atom stereocenters. The van der Waals surface area contributed by atoms with Crippen LogP contribution in [0.3, 0.4) is 0 Å². The second kappa shape index (κ2) is 6.46. The molecule has 1 heterocycles. The first-order valence-corrected chi connectivity index (χ1v) is 6.74. The molecule has 2 N–H and O–H groups in total. The quantitative estimate of drug-likeness (QED) is 0.913.